The van der Waals surface area contributed by atoms with E-state index < -0.39 is 24.5 Å². The van der Waals surface area contributed by atoms with Crippen LogP contribution in [0.5, 0.6) is 0 Å². The first-order chi connectivity index (χ1) is 8.79. The number of carbonyl (C=O) groups excluding carboxylic acids is 1. The van der Waals surface area contributed by atoms with E-state index in [-0.39, 0.29) is 24.4 Å². The lowest BCUT2D eigenvalue weighted by Crippen LogP contribution is -2.29. The minimum absolute atomic E-state index is 0.164. The summed E-state index contributed by atoms with van der Waals surface area (Å²) in [5, 5.41) is 2.23. The van der Waals surface area contributed by atoms with Gasteiger partial charge in [0.15, 0.2) is 0 Å². The normalized spacial score (nSPS) is 11.4. The zero-order chi connectivity index (χ0) is 14.5. The maximum atomic E-state index is 13.3. The van der Waals surface area contributed by atoms with E-state index in [9.17, 15) is 22.4 Å². The lowest BCUT2D eigenvalue weighted by Gasteiger charge is -2.09. The number of halogens is 4. The van der Waals surface area contributed by atoms with Crippen molar-refractivity contribution >= 4 is 11.6 Å². The van der Waals surface area contributed by atoms with Gasteiger partial charge < -0.3 is 15.8 Å². The monoisotopic (exact) mass is 280 g/mol. The van der Waals surface area contributed by atoms with Crippen LogP contribution in [0.2, 0.25) is 0 Å². The van der Waals surface area contributed by atoms with Crippen LogP contribution in [0.3, 0.4) is 0 Å². The molecule has 0 radical (unpaired) electrons. The molecule has 0 aliphatic rings. The van der Waals surface area contributed by atoms with Gasteiger partial charge in [0.2, 0.25) is 0 Å². The number of nitrogens with two attached hydrogens (primary N) is 1. The summed E-state index contributed by atoms with van der Waals surface area (Å²) in [5.41, 5.74) is 5.33. The van der Waals surface area contributed by atoms with E-state index in [0.717, 1.165) is 12.1 Å². The molecule has 8 heteroatoms. The van der Waals surface area contributed by atoms with Crippen molar-refractivity contribution in [2.75, 3.05) is 25.5 Å². The Morgan fingerprint density at radius 1 is 1.37 bits per heavy atom. The number of nitrogens with one attached hydrogen (secondary N) is 1. The SMILES string of the molecule is Nc1ccc(F)c(C(=O)NCCOCC(F)(F)F)c1. The van der Waals surface area contributed by atoms with Gasteiger partial charge in [0, 0.05) is 12.2 Å². The highest BCUT2D eigenvalue weighted by Crippen LogP contribution is 2.14. The Labute approximate surface area is 106 Å². The highest BCUT2D eigenvalue weighted by atomic mass is 19.4. The van der Waals surface area contributed by atoms with Crippen molar-refractivity contribution in [2.24, 2.45) is 0 Å². The third kappa shape index (κ3) is 5.56. The molecule has 0 heterocycles. The van der Waals surface area contributed by atoms with Crippen LogP contribution in [0.15, 0.2) is 18.2 Å². The topological polar surface area (TPSA) is 64.4 Å². The molecule has 1 rings (SSSR count). The van der Waals surface area contributed by atoms with E-state index >= 15 is 0 Å². The summed E-state index contributed by atoms with van der Waals surface area (Å²) < 4.78 is 52.7. The van der Waals surface area contributed by atoms with Crippen LogP contribution in [0.1, 0.15) is 10.4 Å². The number of carbonyl (C=O) groups is 1. The van der Waals surface area contributed by atoms with Gasteiger partial charge in [0.25, 0.3) is 5.91 Å². The highest BCUT2D eigenvalue weighted by Gasteiger charge is 2.27. The van der Waals surface area contributed by atoms with Gasteiger partial charge in [-0.05, 0) is 18.2 Å². The summed E-state index contributed by atoms with van der Waals surface area (Å²) in [4.78, 5) is 11.5. The molecule has 0 saturated heterocycles. The minimum atomic E-state index is -4.41. The molecule has 0 bridgehead atoms. The molecule has 3 N–H and O–H groups in total. The molecule has 0 atom stereocenters. The fourth-order valence-electron chi connectivity index (χ4n) is 1.24. The van der Waals surface area contributed by atoms with Crippen molar-refractivity contribution in [3.8, 4) is 0 Å². The maximum absolute atomic E-state index is 13.3. The van der Waals surface area contributed by atoms with E-state index in [1.54, 1.807) is 0 Å². The largest absolute Gasteiger partial charge is 0.411 e. The van der Waals surface area contributed by atoms with Crippen molar-refractivity contribution in [3.05, 3.63) is 29.6 Å². The number of alkyl halides is 3. The molecule has 1 amide bonds. The fraction of sp³-hybridized carbons (Fsp3) is 0.364. The molecule has 0 spiro atoms. The fourth-order valence-corrected chi connectivity index (χ4v) is 1.24. The van der Waals surface area contributed by atoms with E-state index in [0.29, 0.717) is 0 Å². The first kappa shape index (κ1) is 15.2. The molecule has 1 aromatic carbocycles. The first-order valence-electron chi connectivity index (χ1n) is 5.27. The maximum Gasteiger partial charge on any atom is 0.411 e. The van der Waals surface area contributed by atoms with Crippen molar-refractivity contribution in [1.29, 1.82) is 0 Å². The van der Waals surface area contributed by atoms with Crippen molar-refractivity contribution in [2.45, 2.75) is 6.18 Å². The third-order valence-electron chi connectivity index (χ3n) is 2.03. The average molecular weight is 280 g/mol. The number of nitrogen functional groups attached to an aromatic ring is 1. The third-order valence-corrected chi connectivity index (χ3v) is 2.03. The predicted molar refractivity (Wildman–Crippen MR) is 60.0 cm³/mol. The summed E-state index contributed by atoms with van der Waals surface area (Å²) in [7, 11) is 0. The van der Waals surface area contributed by atoms with E-state index in [1.807, 2.05) is 0 Å². The Morgan fingerprint density at radius 2 is 2.05 bits per heavy atom. The number of hydrogen-bond donors (Lipinski definition) is 2. The van der Waals surface area contributed by atoms with E-state index in [1.165, 1.54) is 6.07 Å². The van der Waals surface area contributed by atoms with E-state index in [4.69, 9.17) is 5.73 Å². The summed E-state index contributed by atoms with van der Waals surface area (Å²) in [5.74, 6) is -1.52. The molecule has 0 aliphatic heterocycles. The van der Waals surface area contributed by atoms with Gasteiger partial charge >= 0.3 is 6.18 Å². The van der Waals surface area contributed by atoms with Crippen LogP contribution in [0.4, 0.5) is 23.2 Å². The van der Waals surface area contributed by atoms with Crippen LogP contribution in [-0.2, 0) is 4.74 Å². The zero-order valence-electron chi connectivity index (χ0n) is 9.76. The molecular weight excluding hydrogens is 268 g/mol. The Hall–Kier alpha value is -1.83. The Kier molecular flexibility index (Phi) is 5.11. The number of rotatable bonds is 5. The van der Waals surface area contributed by atoms with Crippen molar-refractivity contribution < 1.29 is 27.1 Å². The molecule has 1 aromatic rings. The summed E-state index contributed by atoms with van der Waals surface area (Å²) >= 11 is 0. The van der Waals surface area contributed by atoms with Gasteiger partial charge in [0.1, 0.15) is 12.4 Å². The molecule has 106 valence electrons. The van der Waals surface area contributed by atoms with Gasteiger partial charge in [-0.15, -0.1) is 0 Å². The average Bonchev–Trinajstić information content (AvgIpc) is 2.30. The predicted octanol–water partition coefficient (Wildman–Crippen LogP) is 1.72. The molecule has 19 heavy (non-hydrogen) atoms. The van der Waals surface area contributed by atoms with Gasteiger partial charge in [-0.1, -0.05) is 0 Å². The van der Waals surface area contributed by atoms with Crippen molar-refractivity contribution in [3.63, 3.8) is 0 Å². The lowest BCUT2D eigenvalue weighted by atomic mass is 10.2. The van der Waals surface area contributed by atoms with Gasteiger partial charge in [-0.25, -0.2) is 4.39 Å². The van der Waals surface area contributed by atoms with Crippen LogP contribution in [0.25, 0.3) is 0 Å². The Balaban J connectivity index is 2.38. The number of ether oxygens (including phenoxy) is 1. The number of benzene rings is 1. The summed E-state index contributed by atoms with van der Waals surface area (Å²) in [6.45, 7) is -1.88. The van der Waals surface area contributed by atoms with E-state index in [2.05, 4.69) is 10.1 Å². The summed E-state index contributed by atoms with van der Waals surface area (Å²) in [6.07, 6.45) is -4.41. The summed E-state index contributed by atoms with van der Waals surface area (Å²) in [6, 6.07) is 3.46. The molecule has 4 nitrogen and oxygen atoms in total. The Morgan fingerprint density at radius 3 is 2.68 bits per heavy atom. The number of amides is 1. The van der Waals surface area contributed by atoms with Crippen LogP contribution >= 0.6 is 0 Å². The highest BCUT2D eigenvalue weighted by molar-refractivity contribution is 5.95. The smallest absolute Gasteiger partial charge is 0.399 e. The molecular formula is C11H12F4N2O2. The second kappa shape index (κ2) is 6.37. The van der Waals surface area contributed by atoms with Gasteiger partial charge in [0.05, 0.1) is 12.2 Å². The molecule has 0 aromatic heterocycles. The van der Waals surface area contributed by atoms with Crippen LogP contribution in [-0.4, -0.2) is 31.8 Å². The minimum Gasteiger partial charge on any atom is -0.399 e. The zero-order valence-corrected chi connectivity index (χ0v) is 9.76. The number of anilines is 1. The molecule has 0 aliphatic carbocycles. The number of hydrogen-bond acceptors (Lipinski definition) is 3. The van der Waals surface area contributed by atoms with Crippen LogP contribution < -0.4 is 11.1 Å². The molecule has 0 fully saturated rings. The quantitative estimate of drug-likeness (QED) is 0.490. The second-order valence-corrected chi connectivity index (χ2v) is 3.66. The van der Waals surface area contributed by atoms with Gasteiger partial charge in [-0.3, -0.25) is 4.79 Å². The lowest BCUT2D eigenvalue weighted by molar-refractivity contribution is -0.173. The second-order valence-electron chi connectivity index (χ2n) is 3.66. The standard InChI is InChI=1S/C11H12F4N2O2/c12-9-2-1-7(16)5-8(9)10(18)17-3-4-19-6-11(13,14)15/h1-2,5H,3-4,6,16H2,(H,17,18). The molecule has 0 saturated carbocycles. The van der Waals surface area contributed by atoms with Crippen LogP contribution in [0, 0.1) is 5.82 Å². The van der Waals surface area contributed by atoms with Crippen molar-refractivity contribution in [1.82, 2.24) is 5.32 Å². The molecule has 0 unspecified atom stereocenters. The first-order valence-corrected chi connectivity index (χ1v) is 5.27. The Bertz CT molecular complexity index is 449. The van der Waals surface area contributed by atoms with Gasteiger partial charge in [-0.2, -0.15) is 13.2 Å².